The first-order valence-corrected chi connectivity index (χ1v) is 15.2. The SMILES string of the molecule is CC1(C)Oc2ccc(Cl)cc2[C@@H]2O[C@H](Cc3cccc(Br)c3)[C@@H](C(=O)N(CCC(=O)O)CCc3ccccc3)C[C@H]21. The number of halogens is 2. The highest BCUT2D eigenvalue weighted by Crippen LogP contribution is 2.53. The molecule has 4 atom stereocenters. The predicted octanol–water partition coefficient (Wildman–Crippen LogP) is 7.12. The van der Waals surface area contributed by atoms with Crippen molar-refractivity contribution in [1.29, 1.82) is 0 Å². The van der Waals surface area contributed by atoms with Crippen LogP contribution in [-0.2, 0) is 27.2 Å². The van der Waals surface area contributed by atoms with Crippen LogP contribution in [0.5, 0.6) is 5.75 Å². The first-order valence-electron chi connectivity index (χ1n) is 14.0. The molecule has 0 aliphatic carbocycles. The largest absolute Gasteiger partial charge is 0.487 e. The lowest BCUT2D eigenvalue weighted by Crippen LogP contribution is -2.55. The van der Waals surface area contributed by atoms with Gasteiger partial charge < -0.3 is 19.5 Å². The molecule has 6 nitrogen and oxygen atoms in total. The van der Waals surface area contributed by atoms with Gasteiger partial charge in [0, 0.05) is 34.1 Å². The minimum atomic E-state index is -0.927. The van der Waals surface area contributed by atoms with Crippen molar-refractivity contribution in [2.24, 2.45) is 11.8 Å². The first-order chi connectivity index (χ1) is 19.6. The molecule has 216 valence electrons. The summed E-state index contributed by atoms with van der Waals surface area (Å²) in [5.74, 6) is -0.825. The van der Waals surface area contributed by atoms with Crippen LogP contribution in [0, 0.1) is 11.8 Å². The van der Waals surface area contributed by atoms with Crippen molar-refractivity contribution < 1.29 is 24.2 Å². The minimum absolute atomic E-state index is 0.0756. The number of nitrogens with zero attached hydrogens (tertiary/aromatic N) is 1. The third kappa shape index (κ3) is 6.96. The Hall–Kier alpha value is -2.87. The normalized spacial score (nSPS) is 22.6. The molecule has 41 heavy (non-hydrogen) atoms. The van der Waals surface area contributed by atoms with Gasteiger partial charge in [-0.15, -0.1) is 0 Å². The average Bonchev–Trinajstić information content (AvgIpc) is 2.93. The van der Waals surface area contributed by atoms with Crippen molar-refractivity contribution in [3.05, 3.63) is 99.0 Å². The number of carboxylic acid groups (broad SMARTS) is 1. The second kappa shape index (κ2) is 12.6. The molecule has 2 heterocycles. The monoisotopic (exact) mass is 639 g/mol. The topological polar surface area (TPSA) is 76.1 Å². The zero-order valence-corrected chi connectivity index (χ0v) is 25.6. The lowest BCUT2D eigenvalue weighted by atomic mass is 9.71. The Labute approximate surface area is 254 Å². The Morgan fingerprint density at radius 3 is 2.51 bits per heavy atom. The molecule has 0 unspecified atom stereocenters. The zero-order chi connectivity index (χ0) is 29.1. The maximum atomic E-state index is 14.4. The summed E-state index contributed by atoms with van der Waals surface area (Å²) in [4.78, 5) is 27.6. The number of ether oxygens (including phenoxy) is 2. The fourth-order valence-electron chi connectivity index (χ4n) is 6.11. The highest BCUT2D eigenvalue weighted by Gasteiger charge is 2.52. The van der Waals surface area contributed by atoms with Gasteiger partial charge in [0.1, 0.15) is 11.4 Å². The van der Waals surface area contributed by atoms with Gasteiger partial charge in [0.25, 0.3) is 0 Å². The van der Waals surface area contributed by atoms with E-state index in [0.717, 1.165) is 26.9 Å². The smallest absolute Gasteiger partial charge is 0.305 e. The molecule has 3 aromatic carbocycles. The van der Waals surface area contributed by atoms with Crippen LogP contribution in [0.4, 0.5) is 0 Å². The van der Waals surface area contributed by atoms with Crippen molar-refractivity contribution in [3.63, 3.8) is 0 Å². The van der Waals surface area contributed by atoms with Gasteiger partial charge in [0.15, 0.2) is 0 Å². The standard InChI is InChI=1S/C33H35BrClNO5/c1-33(2)27-20-26(32(39)36(16-14-30(37)38)15-13-21-7-4-3-5-8-21)29(18-22-9-6-10-23(34)17-22)40-31(27)25-19-24(35)11-12-28(25)41-33/h3-12,17,19,26-27,29,31H,13-16,18,20H2,1-2H3,(H,37,38)/t26-,27+,29+,31-/m0/s1. The van der Waals surface area contributed by atoms with Gasteiger partial charge >= 0.3 is 5.97 Å². The molecule has 5 rings (SSSR count). The van der Waals surface area contributed by atoms with Crippen LogP contribution in [0.1, 0.15) is 49.5 Å². The molecule has 1 amide bonds. The molecule has 0 aromatic heterocycles. The summed E-state index contributed by atoms with van der Waals surface area (Å²) in [5.41, 5.74) is 2.47. The number of carbonyl (C=O) groups is 2. The maximum Gasteiger partial charge on any atom is 0.305 e. The number of fused-ring (bicyclic) bond motifs is 3. The molecule has 0 saturated carbocycles. The van der Waals surface area contributed by atoms with Crippen molar-refractivity contribution in [3.8, 4) is 5.75 Å². The Balaban J connectivity index is 1.48. The highest BCUT2D eigenvalue weighted by molar-refractivity contribution is 9.10. The summed E-state index contributed by atoms with van der Waals surface area (Å²) >= 11 is 9.97. The van der Waals surface area contributed by atoms with E-state index >= 15 is 0 Å². The molecule has 2 aliphatic heterocycles. The number of hydrogen-bond acceptors (Lipinski definition) is 4. The highest BCUT2D eigenvalue weighted by atomic mass is 79.9. The number of rotatable bonds is 9. The average molecular weight is 641 g/mol. The summed E-state index contributed by atoms with van der Waals surface area (Å²) in [7, 11) is 0. The van der Waals surface area contributed by atoms with Crippen molar-refractivity contribution in [2.45, 2.75) is 57.3 Å². The van der Waals surface area contributed by atoms with Crippen LogP contribution in [0.2, 0.25) is 5.02 Å². The lowest BCUT2D eigenvalue weighted by molar-refractivity contribution is -0.183. The second-order valence-corrected chi connectivity index (χ2v) is 12.8. The van der Waals surface area contributed by atoms with Gasteiger partial charge in [-0.05, 0) is 74.6 Å². The van der Waals surface area contributed by atoms with Gasteiger partial charge in [-0.1, -0.05) is 70.0 Å². The summed E-state index contributed by atoms with van der Waals surface area (Å²) in [5, 5.41) is 10.1. The van der Waals surface area contributed by atoms with Gasteiger partial charge in [-0.3, -0.25) is 9.59 Å². The molecule has 1 N–H and O–H groups in total. The van der Waals surface area contributed by atoms with E-state index in [0.29, 0.717) is 30.8 Å². The molecule has 3 aromatic rings. The molecule has 1 saturated heterocycles. The molecule has 8 heteroatoms. The molecule has 0 spiro atoms. The van der Waals surface area contributed by atoms with E-state index < -0.39 is 23.6 Å². The first kappa shape index (κ1) is 29.6. The van der Waals surface area contributed by atoms with E-state index in [4.69, 9.17) is 21.1 Å². The van der Waals surface area contributed by atoms with Crippen molar-refractivity contribution in [2.75, 3.05) is 13.1 Å². The number of aliphatic carboxylic acids is 1. The lowest BCUT2D eigenvalue weighted by Gasteiger charge is -2.51. The fourth-order valence-corrected chi connectivity index (χ4v) is 6.74. The number of amides is 1. The van der Waals surface area contributed by atoms with E-state index in [1.165, 1.54) is 0 Å². The van der Waals surface area contributed by atoms with Gasteiger partial charge in [-0.25, -0.2) is 0 Å². The minimum Gasteiger partial charge on any atom is -0.487 e. The summed E-state index contributed by atoms with van der Waals surface area (Å²) in [6.07, 6.45) is 0.922. The van der Waals surface area contributed by atoms with Crippen molar-refractivity contribution >= 4 is 39.4 Å². The maximum absolute atomic E-state index is 14.4. The zero-order valence-electron chi connectivity index (χ0n) is 23.3. The van der Waals surface area contributed by atoms with Crippen LogP contribution in [0.3, 0.4) is 0 Å². The summed E-state index contributed by atoms with van der Waals surface area (Å²) in [6.45, 7) is 4.66. The molecular formula is C33H35BrClNO5. The van der Waals surface area contributed by atoms with Crippen LogP contribution < -0.4 is 4.74 Å². The summed E-state index contributed by atoms with van der Waals surface area (Å²) < 4.78 is 14.3. The number of benzene rings is 3. The molecule has 1 fully saturated rings. The van der Waals surface area contributed by atoms with E-state index in [-0.39, 0.29) is 30.9 Å². The number of carbonyl (C=O) groups excluding carboxylic acids is 1. The fraction of sp³-hybridized carbons (Fsp3) is 0.394. The quantitative estimate of drug-likeness (QED) is 0.270. The molecule has 0 radical (unpaired) electrons. The van der Waals surface area contributed by atoms with Crippen LogP contribution >= 0.6 is 27.5 Å². The predicted molar refractivity (Wildman–Crippen MR) is 162 cm³/mol. The van der Waals surface area contributed by atoms with Crippen LogP contribution in [0.25, 0.3) is 0 Å². The Morgan fingerprint density at radius 1 is 1.02 bits per heavy atom. The van der Waals surface area contributed by atoms with Crippen LogP contribution in [0.15, 0.2) is 77.3 Å². The van der Waals surface area contributed by atoms with E-state index in [1.807, 2.05) is 86.6 Å². The van der Waals surface area contributed by atoms with Gasteiger partial charge in [0.2, 0.25) is 5.91 Å². The van der Waals surface area contributed by atoms with Gasteiger partial charge in [0.05, 0.1) is 24.5 Å². The Bertz CT molecular complexity index is 1400. The summed E-state index contributed by atoms with van der Waals surface area (Å²) in [6, 6.07) is 23.6. The Morgan fingerprint density at radius 2 is 1.78 bits per heavy atom. The van der Waals surface area contributed by atoms with E-state index in [1.54, 1.807) is 4.90 Å². The number of hydrogen-bond donors (Lipinski definition) is 1. The van der Waals surface area contributed by atoms with E-state index in [2.05, 4.69) is 15.9 Å². The second-order valence-electron chi connectivity index (χ2n) is 11.5. The molecule has 2 aliphatic rings. The molecular weight excluding hydrogens is 606 g/mol. The molecule has 0 bridgehead atoms. The van der Waals surface area contributed by atoms with Crippen LogP contribution in [-0.4, -0.2) is 46.7 Å². The number of carboxylic acids is 1. The van der Waals surface area contributed by atoms with E-state index in [9.17, 15) is 14.7 Å². The third-order valence-corrected chi connectivity index (χ3v) is 8.98. The van der Waals surface area contributed by atoms with Gasteiger partial charge in [-0.2, -0.15) is 0 Å². The Kier molecular flexibility index (Phi) is 9.07. The third-order valence-electron chi connectivity index (χ3n) is 8.25. The van der Waals surface area contributed by atoms with Crippen molar-refractivity contribution in [1.82, 2.24) is 4.90 Å².